The van der Waals surface area contributed by atoms with Crippen LogP contribution >= 0.6 is 21.6 Å². The Morgan fingerprint density at radius 1 is 0.875 bits per heavy atom. The quantitative estimate of drug-likeness (QED) is 0.452. The highest BCUT2D eigenvalue weighted by molar-refractivity contribution is 8.78. The first kappa shape index (κ1) is 8.04. The summed E-state index contributed by atoms with van der Waals surface area (Å²) in [7, 11) is 2.22. The molecule has 4 heteroatoms. The Labute approximate surface area is 54.4 Å². The fraction of sp³-hybridized carbons (Fsp3) is 0. The second-order valence-corrected chi connectivity index (χ2v) is 2.80. The van der Waals surface area contributed by atoms with Crippen molar-refractivity contribution < 1.29 is 8.78 Å². The fourth-order valence-electron chi connectivity index (χ4n) is 0.106. The van der Waals surface area contributed by atoms with Crippen molar-refractivity contribution in [2.75, 3.05) is 0 Å². The molecule has 0 amide bonds. The van der Waals surface area contributed by atoms with Crippen LogP contribution in [0.3, 0.4) is 0 Å². The molecule has 0 heterocycles. The van der Waals surface area contributed by atoms with Crippen molar-refractivity contribution in [3.63, 3.8) is 0 Å². The lowest BCUT2D eigenvalue weighted by Crippen LogP contribution is -1.36. The van der Waals surface area contributed by atoms with Crippen LogP contribution in [0.4, 0.5) is 8.78 Å². The molecule has 8 heavy (non-hydrogen) atoms. The Balaban J connectivity index is 2.93. The predicted molar refractivity (Wildman–Crippen MR) is 35.7 cm³/mol. The van der Waals surface area contributed by atoms with Crippen molar-refractivity contribution in [3.05, 3.63) is 23.5 Å². The highest BCUT2D eigenvalue weighted by Crippen LogP contribution is 2.23. The first-order valence-corrected chi connectivity index (χ1v) is 4.02. The molecule has 0 aliphatic carbocycles. The third-order valence-electron chi connectivity index (χ3n) is 0.270. The summed E-state index contributed by atoms with van der Waals surface area (Å²) in [5.41, 5.74) is 0. The van der Waals surface area contributed by atoms with Crippen molar-refractivity contribution in [1.82, 2.24) is 0 Å². The molecule has 0 atom stereocenters. The van der Waals surface area contributed by atoms with E-state index in [2.05, 4.69) is 0 Å². The molecule has 0 bridgehead atoms. The van der Waals surface area contributed by atoms with Crippen LogP contribution < -0.4 is 0 Å². The van der Waals surface area contributed by atoms with Crippen LogP contribution in [0.25, 0.3) is 0 Å². The van der Waals surface area contributed by atoms with Gasteiger partial charge in [0.1, 0.15) is 0 Å². The van der Waals surface area contributed by atoms with E-state index in [1.807, 2.05) is 0 Å². The molecule has 46 valence electrons. The summed E-state index contributed by atoms with van der Waals surface area (Å²) in [6.07, 6.45) is 0.813. The van der Waals surface area contributed by atoms with Gasteiger partial charge >= 0.3 is 0 Å². The maximum Gasteiger partial charge on any atom is 0.0938 e. The summed E-state index contributed by atoms with van der Waals surface area (Å²) < 4.78 is 22.2. The average Bonchev–Trinajstić information content (AvgIpc) is 1.81. The summed E-state index contributed by atoms with van der Waals surface area (Å²) >= 11 is 0. The van der Waals surface area contributed by atoms with E-state index in [9.17, 15) is 8.78 Å². The van der Waals surface area contributed by atoms with Crippen LogP contribution in [0.15, 0.2) is 23.5 Å². The summed E-state index contributed by atoms with van der Waals surface area (Å²) in [5.74, 6) is 0. The SMILES string of the molecule is F/C=C/SS/C=C/F. The van der Waals surface area contributed by atoms with Crippen molar-refractivity contribution in [1.29, 1.82) is 0 Å². The maximum atomic E-state index is 11.1. The monoisotopic (exact) mass is 154 g/mol. The highest BCUT2D eigenvalue weighted by Gasteiger charge is 1.73. The molecule has 0 aromatic heterocycles. The van der Waals surface area contributed by atoms with Crippen LogP contribution in [-0.2, 0) is 0 Å². The lowest BCUT2D eigenvalue weighted by molar-refractivity contribution is 0.723. The Hall–Kier alpha value is 0.0400. The third-order valence-corrected chi connectivity index (χ3v) is 1.81. The van der Waals surface area contributed by atoms with Crippen molar-refractivity contribution in [3.8, 4) is 0 Å². The summed E-state index contributed by atoms with van der Waals surface area (Å²) in [6, 6.07) is 0. The van der Waals surface area contributed by atoms with E-state index in [0.29, 0.717) is 12.7 Å². The van der Waals surface area contributed by atoms with E-state index in [1.165, 1.54) is 10.8 Å². The topological polar surface area (TPSA) is 0 Å². The van der Waals surface area contributed by atoms with Gasteiger partial charge in [-0.15, -0.1) is 0 Å². The molecular weight excluding hydrogens is 150 g/mol. The van der Waals surface area contributed by atoms with Gasteiger partial charge in [-0.05, 0) is 0 Å². The third kappa shape index (κ3) is 6.04. The molecule has 0 rings (SSSR count). The van der Waals surface area contributed by atoms with Gasteiger partial charge in [-0.1, -0.05) is 21.6 Å². The molecule has 0 radical (unpaired) electrons. The minimum absolute atomic E-state index is 0.406. The first-order chi connectivity index (χ1) is 3.91. The molecule has 0 spiro atoms. The van der Waals surface area contributed by atoms with Crippen molar-refractivity contribution in [2.24, 2.45) is 0 Å². The standard InChI is InChI=1S/C4H4F2S2/c5-1-3-7-8-4-2-6/h1-4H/b3-1+,4-2+. The zero-order valence-corrected chi connectivity index (χ0v) is 5.51. The normalized spacial score (nSPS) is 11.8. The molecule has 0 unspecified atom stereocenters. The molecule has 0 nitrogen and oxygen atoms in total. The smallest absolute Gasteiger partial charge is 0.0938 e. The molecule has 0 saturated heterocycles. The van der Waals surface area contributed by atoms with Gasteiger partial charge in [-0.3, -0.25) is 0 Å². The van der Waals surface area contributed by atoms with E-state index in [0.717, 1.165) is 21.6 Å². The van der Waals surface area contributed by atoms with Gasteiger partial charge in [0.05, 0.1) is 12.7 Å². The van der Waals surface area contributed by atoms with E-state index in [1.54, 1.807) is 0 Å². The lowest BCUT2D eigenvalue weighted by Gasteiger charge is -1.78. The fourth-order valence-corrected chi connectivity index (χ4v) is 0.955. The van der Waals surface area contributed by atoms with Crippen molar-refractivity contribution >= 4 is 21.6 Å². The summed E-state index contributed by atoms with van der Waals surface area (Å²) in [5, 5.41) is 2.45. The van der Waals surface area contributed by atoms with Crippen LogP contribution in [0, 0.1) is 0 Å². The van der Waals surface area contributed by atoms with Gasteiger partial charge < -0.3 is 0 Å². The van der Waals surface area contributed by atoms with E-state index in [4.69, 9.17) is 0 Å². The Bertz CT molecular complexity index is 78.0. The van der Waals surface area contributed by atoms with Crippen LogP contribution in [0.2, 0.25) is 0 Å². The average molecular weight is 154 g/mol. The largest absolute Gasteiger partial charge is 0.215 e. The van der Waals surface area contributed by atoms with Crippen molar-refractivity contribution in [2.45, 2.75) is 0 Å². The van der Waals surface area contributed by atoms with Crippen LogP contribution in [0.1, 0.15) is 0 Å². The Morgan fingerprint density at radius 2 is 1.25 bits per heavy atom. The molecule has 0 fully saturated rings. The zero-order valence-electron chi connectivity index (χ0n) is 3.88. The lowest BCUT2D eigenvalue weighted by atomic mass is 11.2. The molecule has 0 aromatic rings. The second-order valence-electron chi connectivity index (χ2n) is 0.717. The number of halogens is 2. The maximum absolute atomic E-state index is 11.1. The zero-order chi connectivity index (χ0) is 6.24. The minimum atomic E-state index is 0.406. The van der Waals surface area contributed by atoms with Gasteiger partial charge in [0.2, 0.25) is 0 Å². The second kappa shape index (κ2) is 7.04. The Morgan fingerprint density at radius 3 is 1.50 bits per heavy atom. The predicted octanol–water partition coefficient (Wildman–Crippen LogP) is 3.25. The van der Waals surface area contributed by atoms with Gasteiger partial charge in [-0.2, -0.15) is 0 Å². The minimum Gasteiger partial charge on any atom is -0.215 e. The molecule has 0 aliphatic rings. The van der Waals surface area contributed by atoms with E-state index in [-0.39, 0.29) is 0 Å². The van der Waals surface area contributed by atoms with Gasteiger partial charge in [0, 0.05) is 10.8 Å². The van der Waals surface area contributed by atoms with Crippen LogP contribution in [0.5, 0.6) is 0 Å². The van der Waals surface area contributed by atoms with E-state index < -0.39 is 0 Å². The highest BCUT2D eigenvalue weighted by atomic mass is 33.1. The molecule has 0 aliphatic heterocycles. The van der Waals surface area contributed by atoms with E-state index >= 15 is 0 Å². The first-order valence-electron chi connectivity index (χ1n) is 1.74. The summed E-state index contributed by atoms with van der Waals surface area (Å²) in [4.78, 5) is 0. The molecule has 0 saturated carbocycles. The van der Waals surface area contributed by atoms with Crippen LogP contribution in [-0.4, -0.2) is 0 Å². The number of hydrogen-bond acceptors (Lipinski definition) is 2. The molecule has 0 N–H and O–H groups in total. The Kier molecular flexibility index (Phi) is 7.08. The van der Waals surface area contributed by atoms with Gasteiger partial charge in [0.25, 0.3) is 0 Å². The molecular formula is C4H4F2S2. The molecule has 0 aromatic carbocycles. The van der Waals surface area contributed by atoms with Gasteiger partial charge in [0.15, 0.2) is 0 Å². The number of hydrogen-bond donors (Lipinski definition) is 0. The summed E-state index contributed by atoms with van der Waals surface area (Å²) in [6.45, 7) is 0. The number of rotatable bonds is 3. The van der Waals surface area contributed by atoms with Gasteiger partial charge in [-0.25, -0.2) is 8.78 Å².